The molecule has 6 nitrogen and oxygen atoms in total. The summed E-state index contributed by atoms with van der Waals surface area (Å²) in [5.41, 5.74) is 1.28. The summed E-state index contributed by atoms with van der Waals surface area (Å²) in [6.07, 6.45) is 1.94. The van der Waals surface area contributed by atoms with Gasteiger partial charge in [0, 0.05) is 45.8 Å². The van der Waals surface area contributed by atoms with Gasteiger partial charge in [0.25, 0.3) is 0 Å². The monoisotopic (exact) mass is 389 g/mol. The Labute approximate surface area is 171 Å². The van der Waals surface area contributed by atoms with E-state index < -0.39 is 0 Å². The summed E-state index contributed by atoms with van der Waals surface area (Å²) in [4.78, 5) is 20.4. The van der Waals surface area contributed by atoms with Crippen LogP contribution < -0.4 is 10.6 Å². The molecule has 0 saturated carbocycles. The minimum atomic E-state index is -0.00468. The smallest absolute Gasteiger partial charge is 0.243 e. The van der Waals surface area contributed by atoms with Gasteiger partial charge in [0.2, 0.25) is 5.91 Å². The molecule has 0 fully saturated rings. The second-order valence-electron chi connectivity index (χ2n) is 7.82. The van der Waals surface area contributed by atoms with E-state index in [0.717, 1.165) is 32.5 Å². The molecular weight excluding hydrogens is 350 g/mol. The molecule has 1 aromatic carbocycles. The number of carbonyl (C=O) groups is 1. The Morgan fingerprint density at radius 3 is 2.18 bits per heavy atom. The Hall–Kier alpha value is -2.08. The van der Waals surface area contributed by atoms with E-state index in [4.69, 9.17) is 0 Å². The SMILES string of the molecule is CC(C)N(CCCNC(=NCC(=O)N(C)C)NCCc1ccccc1)C(C)C. The molecular formula is C22H39N5O. The molecule has 0 aliphatic carbocycles. The number of hydrogen-bond donors (Lipinski definition) is 2. The number of nitrogens with one attached hydrogen (secondary N) is 2. The van der Waals surface area contributed by atoms with Crippen LogP contribution in [0.2, 0.25) is 0 Å². The zero-order valence-electron chi connectivity index (χ0n) is 18.5. The van der Waals surface area contributed by atoms with Crippen molar-refractivity contribution in [3.8, 4) is 0 Å². The predicted molar refractivity (Wildman–Crippen MR) is 119 cm³/mol. The number of rotatable bonds is 11. The maximum Gasteiger partial charge on any atom is 0.243 e. The lowest BCUT2D eigenvalue weighted by molar-refractivity contribution is -0.127. The lowest BCUT2D eigenvalue weighted by atomic mass is 10.1. The summed E-state index contributed by atoms with van der Waals surface area (Å²) >= 11 is 0. The summed E-state index contributed by atoms with van der Waals surface area (Å²) in [5, 5.41) is 6.73. The highest BCUT2D eigenvalue weighted by Crippen LogP contribution is 2.05. The van der Waals surface area contributed by atoms with Crippen LogP contribution in [-0.4, -0.2) is 74.0 Å². The molecule has 0 heterocycles. The lowest BCUT2D eigenvalue weighted by Crippen LogP contribution is -2.42. The number of nitrogens with zero attached hydrogens (tertiary/aromatic N) is 3. The van der Waals surface area contributed by atoms with Gasteiger partial charge < -0.3 is 15.5 Å². The molecule has 0 spiro atoms. The molecule has 0 atom stereocenters. The van der Waals surface area contributed by atoms with Crippen LogP contribution in [0.4, 0.5) is 0 Å². The summed E-state index contributed by atoms with van der Waals surface area (Å²) in [5.74, 6) is 0.696. The number of likely N-dealkylation sites (N-methyl/N-ethyl adjacent to an activating group) is 1. The summed E-state index contributed by atoms with van der Waals surface area (Å²) < 4.78 is 0. The van der Waals surface area contributed by atoms with E-state index in [-0.39, 0.29) is 12.5 Å². The lowest BCUT2D eigenvalue weighted by Gasteiger charge is -2.30. The van der Waals surface area contributed by atoms with Crippen LogP contribution in [0.3, 0.4) is 0 Å². The third-order valence-corrected chi connectivity index (χ3v) is 4.63. The summed E-state index contributed by atoms with van der Waals surface area (Å²) in [6.45, 7) is 11.7. The molecule has 6 heteroatoms. The molecule has 1 rings (SSSR count). The van der Waals surface area contributed by atoms with Crippen molar-refractivity contribution in [3.63, 3.8) is 0 Å². The summed E-state index contributed by atoms with van der Waals surface area (Å²) in [6, 6.07) is 11.4. The summed E-state index contributed by atoms with van der Waals surface area (Å²) in [7, 11) is 3.50. The number of amides is 1. The van der Waals surface area contributed by atoms with Crippen LogP contribution in [0, 0.1) is 0 Å². The average Bonchev–Trinajstić information content (AvgIpc) is 2.65. The fraction of sp³-hybridized carbons (Fsp3) is 0.636. The molecule has 0 aromatic heterocycles. The number of benzene rings is 1. The van der Waals surface area contributed by atoms with Crippen molar-refractivity contribution in [2.24, 2.45) is 4.99 Å². The molecule has 1 aromatic rings. The van der Waals surface area contributed by atoms with Crippen molar-refractivity contribution in [2.45, 2.75) is 52.6 Å². The van der Waals surface area contributed by atoms with Crippen molar-refractivity contribution in [1.29, 1.82) is 0 Å². The molecule has 0 aliphatic heterocycles. The third-order valence-electron chi connectivity index (χ3n) is 4.63. The fourth-order valence-corrected chi connectivity index (χ4v) is 3.01. The maximum absolute atomic E-state index is 11.9. The first kappa shape index (κ1) is 24.0. The molecule has 28 heavy (non-hydrogen) atoms. The highest BCUT2D eigenvalue weighted by molar-refractivity contribution is 5.84. The van der Waals surface area contributed by atoms with Gasteiger partial charge in [-0.05, 0) is 46.1 Å². The molecule has 0 aliphatic rings. The normalized spacial score (nSPS) is 12.0. The zero-order chi connectivity index (χ0) is 20.9. The number of carbonyl (C=O) groups excluding carboxylic acids is 1. The Morgan fingerprint density at radius 2 is 1.61 bits per heavy atom. The van der Waals surface area contributed by atoms with Crippen molar-refractivity contribution in [2.75, 3.05) is 40.3 Å². The Morgan fingerprint density at radius 1 is 1.00 bits per heavy atom. The van der Waals surface area contributed by atoms with Gasteiger partial charge in [0.05, 0.1) is 0 Å². The minimum absolute atomic E-state index is 0.00468. The molecule has 2 N–H and O–H groups in total. The zero-order valence-corrected chi connectivity index (χ0v) is 18.5. The minimum Gasteiger partial charge on any atom is -0.356 e. The van der Waals surface area contributed by atoms with Crippen LogP contribution in [-0.2, 0) is 11.2 Å². The highest BCUT2D eigenvalue weighted by Gasteiger charge is 2.12. The van der Waals surface area contributed by atoms with E-state index >= 15 is 0 Å². The molecule has 1 amide bonds. The van der Waals surface area contributed by atoms with Crippen molar-refractivity contribution < 1.29 is 4.79 Å². The molecule has 0 radical (unpaired) electrons. The van der Waals surface area contributed by atoms with Crippen LogP contribution in [0.1, 0.15) is 39.7 Å². The molecule has 158 valence electrons. The van der Waals surface area contributed by atoms with Crippen LogP contribution in [0.5, 0.6) is 0 Å². The van der Waals surface area contributed by atoms with Crippen molar-refractivity contribution >= 4 is 11.9 Å². The van der Waals surface area contributed by atoms with E-state index in [9.17, 15) is 4.79 Å². The second kappa shape index (κ2) is 13.2. The first-order valence-electron chi connectivity index (χ1n) is 10.3. The fourth-order valence-electron chi connectivity index (χ4n) is 3.01. The first-order valence-corrected chi connectivity index (χ1v) is 10.3. The van der Waals surface area contributed by atoms with Crippen LogP contribution in [0.15, 0.2) is 35.3 Å². The van der Waals surface area contributed by atoms with Gasteiger partial charge >= 0.3 is 0 Å². The first-order chi connectivity index (χ1) is 13.3. The van der Waals surface area contributed by atoms with Gasteiger partial charge in [-0.1, -0.05) is 30.3 Å². The average molecular weight is 390 g/mol. The maximum atomic E-state index is 11.9. The number of hydrogen-bond acceptors (Lipinski definition) is 3. The van der Waals surface area contributed by atoms with Gasteiger partial charge in [0.1, 0.15) is 6.54 Å². The quantitative estimate of drug-likeness (QED) is 0.347. The predicted octanol–water partition coefficient (Wildman–Crippen LogP) is 2.36. The van der Waals surface area contributed by atoms with Crippen molar-refractivity contribution in [3.05, 3.63) is 35.9 Å². The Balaban J connectivity index is 2.52. The number of aliphatic imine (C=N–C) groups is 1. The van der Waals surface area contributed by atoms with E-state index in [2.05, 4.69) is 60.4 Å². The van der Waals surface area contributed by atoms with Gasteiger partial charge in [-0.2, -0.15) is 0 Å². The second-order valence-corrected chi connectivity index (χ2v) is 7.82. The van der Waals surface area contributed by atoms with Gasteiger partial charge in [0.15, 0.2) is 5.96 Å². The van der Waals surface area contributed by atoms with Crippen LogP contribution >= 0.6 is 0 Å². The molecule has 0 unspecified atom stereocenters. The molecule has 0 bridgehead atoms. The third kappa shape index (κ3) is 9.74. The van der Waals surface area contributed by atoms with E-state index in [1.807, 2.05) is 18.2 Å². The Kier molecular flexibility index (Phi) is 11.3. The van der Waals surface area contributed by atoms with Gasteiger partial charge in [-0.3, -0.25) is 9.69 Å². The van der Waals surface area contributed by atoms with Crippen molar-refractivity contribution in [1.82, 2.24) is 20.4 Å². The largest absolute Gasteiger partial charge is 0.356 e. The van der Waals surface area contributed by atoms with Gasteiger partial charge in [-0.25, -0.2) is 4.99 Å². The Bertz CT molecular complexity index is 576. The topological polar surface area (TPSA) is 60.0 Å². The van der Waals surface area contributed by atoms with E-state index in [1.54, 1.807) is 19.0 Å². The standard InChI is InChI=1S/C22H39N5O/c1-18(2)27(19(3)4)16-10-14-23-22(25-17-21(28)26(5)6)24-15-13-20-11-8-7-9-12-20/h7-9,11-12,18-19H,10,13-17H2,1-6H3,(H2,23,24,25). The van der Waals surface area contributed by atoms with Gasteiger partial charge in [-0.15, -0.1) is 0 Å². The molecule has 0 saturated heterocycles. The van der Waals surface area contributed by atoms with Crippen LogP contribution in [0.25, 0.3) is 0 Å². The number of guanidine groups is 1. The highest BCUT2D eigenvalue weighted by atomic mass is 16.2. The van der Waals surface area contributed by atoms with E-state index in [1.165, 1.54) is 5.56 Å². The van der Waals surface area contributed by atoms with E-state index in [0.29, 0.717) is 18.0 Å².